The maximum Gasteiger partial charge on any atom is 0.153 e. The summed E-state index contributed by atoms with van der Waals surface area (Å²) in [5.41, 5.74) is 2.34. The number of nitrogens with zero attached hydrogens (tertiary/aromatic N) is 1. The summed E-state index contributed by atoms with van der Waals surface area (Å²) in [5.74, 6) is 0.496. The molecule has 112 valence electrons. The van der Waals surface area contributed by atoms with Gasteiger partial charge in [-0.2, -0.15) is 0 Å². The van der Waals surface area contributed by atoms with Crippen LogP contribution < -0.4 is 10.2 Å². The molecule has 1 fully saturated rings. The van der Waals surface area contributed by atoms with Crippen LogP contribution >= 0.6 is 15.9 Å². The molecule has 0 bridgehead atoms. The highest BCUT2D eigenvalue weighted by atomic mass is 79.9. The lowest BCUT2D eigenvalue weighted by atomic mass is 10.0. The Balaban J connectivity index is 2.27. The van der Waals surface area contributed by atoms with E-state index in [9.17, 15) is 8.42 Å². The minimum absolute atomic E-state index is 0.242. The Morgan fingerprint density at radius 3 is 2.60 bits per heavy atom. The maximum absolute atomic E-state index is 11.6. The normalized spacial score (nSPS) is 19.9. The Hall–Kier alpha value is -0.590. The zero-order valence-corrected chi connectivity index (χ0v) is 14.3. The highest BCUT2D eigenvalue weighted by Crippen LogP contribution is 2.30. The first kappa shape index (κ1) is 15.8. The molecular formula is C14H21BrN2O2S. The lowest BCUT2D eigenvalue weighted by Gasteiger charge is -2.32. The lowest BCUT2D eigenvalue weighted by Crippen LogP contribution is -2.41. The molecule has 1 unspecified atom stereocenters. The van der Waals surface area contributed by atoms with E-state index in [0.29, 0.717) is 13.1 Å². The molecule has 1 heterocycles. The van der Waals surface area contributed by atoms with Crippen molar-refractivity contribution in [2.24, 2.45) is 0 Å². The standard InChI is InChI=1S/C14H21BrN2O2S/c1-3-16-11(2)13-10-12(15)4-5-14(13)17-6-8-20(18,19)9-7-17/h4-5,10-11,16H,3,6-9H2,1-2H3. The van der Waals surface area contributed by atoms with Crippen LogP contribution in [-0.2, 0) is 9.84 Å². The number of anilines is 1. The summed E-state index contributed by atoms with van der Waals surface area (Å²) in [5, 5.41) is 3.42. The van der Waals surface area contributed by atoms with Crippen molar-refractivity contribution in [1.29, 1.82) is 0 Å². The monoisotopic (exact) mass is 360 g/mol. The number of halogens is 1. The van der Waals surface area contributed by atoms with Crippen LogP contribution in [0.5, 0.6) is 0 Å². The first-order valence-electron chi connectivity index (χ1n) is 6.91. The van der Waals surface area contributed by atoms with E-state index in [-0.39, 0.29) is 17.5 Å². The molecule has 20 heavy (non-hydrogen) atoms. The summed E-state index contributed by atoms with van der Waals surface area (Å²) in [6.07, 6.45) is 0. The van der Waals surface area contributed by atoms with Gasteiger partial charge in [-0.3, -0.25) is 0 Å². The van der Waals surface area contributed by atoms with Gasteiger partial charge in [0.1, 0.15) is 0 Å². The van der Waals surface area contributed by atoms with E-state index < -0.39 is 9.84 Å². The van der Waals surface area contributed by atoms with Gasteiger partial charge in [-0.05, 0) is 37.2 Å². The van der Waals surface area contributed by atoms with Gasteiger partial charge in [0.25, 0.3) is 0 Å². The van der Waals surface area contributed by atoms with E-state index in [0.717, 1.165) is 16.7 Å². The summed E-state index contributed by atoms with van der Waals surface area (Å²) in [6, 6.07) is 6.45. The Morgan fingerprint density at radius 1 is 1.35 bits per heavy atom. The smallest absolute Gasteiger partial charge is 0.153 e. The van der Waals surface area contributed by atoms with Crippen LogP contribution in [0.2, 0.25) is 0 Å². The van der Waals surface area contributed by atoms with Gasteiger partial charge in [-0.25, -0.2) is 8.42 Å². The number of hydrogen-bond acceptors (Lipinski definition) is 4. The zero-order valence-electron chi connectivity index (χ0n) is 11.9. The van der Waals surface area contributed by atoms with Gasteiger partial charge >= 0.3 is 0 Å². The number of rotatable bonds is 4. The molecule has 0 aliphatic carbocycles. The van der Waals surface area contributed by atoms with E-state index in [4.69, 9.17) is 0 Å². The van der Waals surface area contributed by atoms with Gasteiger partial charge in [-0.1, -0.05) is 22.9 Å². The Kier molecular flexibility index (Phi) is 5.09. The van der Waals surface area contributed by atoms with Crippen molar-refractivity contribution in [3.63, 3.8) is 0 Å². The maximum atomic E-state index is 11.6. The molecule has 0 aromatic heterocycles. The van der Waals surface area contributed by atoms with Gasteiger partial charge in [0.05, 0.1) is 11.5 Å². The van der Waals surface area contributed by atoms with Crippen molar-refractivity contribution in [3.8, 4) is 0 Å². The van der Waals surface area contributed by atoms with Crippen LogP contribution in [0.4, 0.5) is 5.69 Å². The van der Waals surface area contributed by atoms with Gasteiger partial charge in [0.15, 0.2) is 9.84 Å². The summed E-state index contributed by atoms with van der Waals surface area (Å²) in [7, 11) is -2.84. The molecule has 1 atom stereocenters. The Morgan fingerprint density at radius 2 is 2.00 bits per heavy atom. The van der Waals surface area contributed by atoms with Crippen LogP contribution in [0.15, 0.2) is 22.7 Å². The highest BCUT2D eigenvalue weighted by Gasteiger charge is 2.24. The average molecular weight is 361 g/mol. The molecule has 0 saturated carbocycles. The Labute approximate surface area is 129 Å². The summed E-state index contributed by atoms with van der Waals surface area (Å²) in [4.78, 5) is 2.18. The fraction of sp³-hybridized carbons (Fsp3) is 0.571. The molecule has 1 aliphatic heterocycles. The molecule has 1 N–H and O–H groups in total. The van der Waals surface area contributed by atoms with Crippen molar-refractivity contribution >= 4 is 31.5 Å². The van der Waals surface area contributed by atoms with Crippen LogP contribution in [0.1, 0.15) is 25.5 Å². The van der Waals surface area contributed by atoms with E-state index in [1.165, 1.54) is 5.56 Å². The first-order chi connectivity index (χ1) is 9.43. The molecule has 0 spiro atoms. The van der Waals surface area contributed by atoms with Crippen molar-refractivity contribution in [3.05, 3.63) is 28.2 Å². The molecule has 1 aliphatic rings. The molecule has 0 radical (unpaired) electrons. The fourth-order valence-corrected chi connectivity index (χ4v) is 4.11. The third kappa shape index (κ3) is 3.74. The topological polar surface area (TPSA) is 49.4 Å². The van der Waals surface area contributed by atoms with E-state index in [1.807, 2.05) is 6.07 Å². The van der Waals surface area contributed by atoms with Gasteiger partial charge in [0.2, 0.25) is 0 Å². The number of sulfone groups is 1. The highest BCUT2D eigenvalue weighted by molar-refractivity contribution is 9.10. The third-order valence-corrected chi connectivity index (χ3v) is 5.75. The van der Waals surface area contributed by atoms with Crippen LogP contribution in [0, 0.1) is 0 Å². The molecule has 0 amide bonds. The minimum Gasteiger partial charge on any atom is -0.369 e. The second-order valence-electron chi connectivity index (χ2n) is 5.12. The average Bonchev–Trinajstić information content (AvgIpc) is 2.39. The minimum atomic E-state index is -2.84. The molecular weight excluding hydrogens is 340 g/mol. The zero-order chi connectivity index (χ0) is 14.8. The second-order valence-corrected chi connectivity index (χ2v) is 8.34. The predicted molar refractivity (Wildman–Crippen MR) is 87.1 cm³/mol. The molecule has 2 rings (SSSR count). The summed E-state index contributed by atoms with van der Waals surface area (Å²) < 4.78 is 24.2. The SMILES string of the molecule is CCNC(C)c1cc(Br)ccc1N1CCS(=O)(=O)CC1. The third-order valence-electron chi connectivity index (χ3n) is 3.65. The van der Waals surface area contributed by atoms with Crippen molar-refractivity contribution in [2.75, 3.05) is 36.0 Å². The fourth-order valence-electron chi connectivity index (χ4n) is 2.53. The van der Waals surface area contributed by atoms with Gasteiger partial charge < -0.3 is 10.2 Å². The molecule has 1 aromatic rings. The Bertz CT molecular complexity index is 561. The number of hydrogen-bond donors (Lipinski definition) is 1. The summed E-state index contributed by atoms with van der Waals surface area (Å²) >= 11 is 3.52. The molecule has 6 heteroatoms. The summed E-state index contributed by atoms with van der Waals surface area (Å²) in [6.45, 7) is 6.28. The lowest BCUT2D eigenvalue weighted by molar-refractivity contribution is 0.582. The van der Waals surface area contributed by atoms with Gasteiger partial charge in [0, 0.05) is 29.3 Å². The van der Waals surface area contributed by atoms with E-state index in [1.54, 1.807) is 0 Å². The van der Waals surface area contributed by atoms with Crippen LogP contribution in [0.25, 0.3) is 0 Å². The van der Waals surface area contributed by atoms with Crippen LogP contribution in [-0.4, -0.2) is 39.6 Å². The predicted octanol–water partition coefficient (Wildman–Crippen LogP) is 2.35. The number of benzene rings is 1. The van der Waals surface area contributed by atoms with Gasteiger partial charge in [-0.15, -0.1) is 0 Å². The molecule has 1 saturated heterocycles. The van der Waals surface area contributed by atoms with E-state index in [2.05, 4.69) is 52.1 Å². The first-order valence-corrected chi connectivity index (χ1v) is 9.52. The largest absolute Gasteiger partial charge is 0.369 e. The molecule has 4 nitrogen and oxygen atoms in total. The van der Waals surface area contributed by atoms with E-state index >= 15 is 0 Å². The quantitative estimate of drug-likeness (QED) is 0.895. The van der Waals surface area contributed by atoms with Crippen molar-refractivity contribution in [2.45, 2.75) is 19.9 Å². The molecule has 1 aromatic carbocycles. The van der Waals surface area contributed by atoms with Crippen LogP contribution in [0.3, 0.4) is 0 Å². The second kappa shape index (κ2) is 6.45. The van der Waals surface area contributed by atoms with Crippen molar-refractivity contribution < 1.29 is 8.42 Å². The number of nitrogens with one attached hydrogen (secondary N) is 1. The van der Waals surface area contributed by atoms with Crippen molar-refractivity contribution in [1.82, 2.24) is 5.32 Å².